The Bertz CT molecular complexity index is 747. The van der Waals surface area contributed by atoms with E-state index in [-0.39, 0.29) is 18.4 Å². The molecule has 0 spiro atoms. The van der Waals surface area contributed by atoms with Crippen LogP contribution in [0.5, 0.6) is 5.75 Å². The van der Waals surface area contributed by atoms with Crippen LogP contribution in [0.2, 0.25) is 0 Å². The van der Waals surface area contributed by atoms with E-state index < -0.39 is 6.16 Å². The lowest BCUT2D eigenvalue weighted by Gasteiger charge is -2.32. The predicted molar refractivity (Wildman–Crippen MR) is 108 cm³/mol. The van der Waals surface area contributed by atoms with Crippen molar-refractivity contribution in [1.82, 2.24) is 10.2 Å². The lowest BCUT2D eigenvalue weighted by atomic mass is 9.96. The highest BCUT2D eigenvalue weighted by molar-refractivity contribution is 5.94. The summed E-state index contributed by atoms with van der Waals surface area (Å²) in [5.74, 6) is 1.26. The van der Waals surface area contributed by atoms with Gasteiger partial charge in [-0.25, -0.2) is 4.79 Å². The highest BCUT2D eigenvalue weighted by Crippen LogP contribution is 2.29. The number of allylic oxidation sites excluding steroid dienone is 1. The first-order valence-corrected chi connectivity index (χ1v) is 10.2. The maximum absolute atomic E-state index is 12.7. The first-order chi connectivity index (χ1) is 14.0. The Balaban J connectivity index is 1.41. The summed E-state index contributed by atoms with van der Waals surface area (Å²) >= 11 is 0. The Morgan fingerprint density at radius 2 is 1.79 bits per heavy atom. The number of rotatable bonds is 7. The smallest absolute Gasteiger partial charge is 0.434 e. The number of nitrogens with zero attached hydrogens (tertiary/aromatic N) is 1. The highest BCUT2D eigenvalue weighted by Gasteiger charge is 2.24. The summed E-state index contributed by atoms with van der Waals surface area (Å²) < 4.78 is 9.73. The number of nitrogens with one attached hydrogen (secondary N) is 1. The van der Waals surface area contributed by atoms with Gasteiger partial charge in [0.05, 0.1) is 6.61 Å². The van der Waals surface area contributed by atoms with Gasteiger partial charge in [-0.15, -0.1) is 0 Å². The molecule has 1 N–H and O–H groups in total. The van der Waals surface area contributed by atoms with E-state index in [0.717, 1.165) is 12.8 Å². The zero-order chi connectivity index (χ0) is 20.6. The van der Waals surface area contributed by atoms with E-state index in [1.54, 1.807) is 37.3 Å². The summed E-state index contributed by atoms with van der Waals surface area (Å²) in [5.41, 5.74) is 0.554. The van der Waals surface area contributed by atoms with Crippen molar-refractivity contribution in [3.8, 4) is 5.75 Å². The van der Waals surface area contributed by atoms with Crippen LogP contribution in [0.4, 0.5) is 4.79 Å². The summed E-state index contributed by atoms with van der Waals surface area (Å²) in [5, 5.41) is 2.96. The maximum Gasteiger partial charge on any atom is 0.513 e. The molecule has 2 amide bonds. The van der Waals surface area contributed by atoms with Gasteiger partial charge in [0.15, 0.2) is 0 Å². The Kier molecular flexibility index (Phi) is 7.27. The average molecular weight is 400 g/mol. The van der Waals surface area contributed by atoms with Crippen LogP contribution >= 0.6 is 0 Å². The molecule has 156 valence electrons. The van der Waals surface area contributed by atoms with Gasteiger partial charge in [0.2, 0.25) is 5.91 Å². The average Bonchev–Trinajstić information content (AvgIpc) is 3.56. The monoisotopic (exact) mass is 400 g/mol. The number of carbonyl (C=O) groups excluding carboxylic acids is 3. The van der Waals surface area contributed by atoms with Gasteiger partial charge in [-0.05, 0) is 74.8 Å². The molecule has 0 aromatic heterocycles. The molecule has 1 aliphatic heterocycles. The number of hydrogen-bond donors (Lipinski definition) is 1. The maximum atomic E-state index is 12.7. The molecule has 0 atom stereocenters. The Morgan fingerprint density at radius 1 is 1.10 bits per heavy atom. The SMILES string of the molecule is CCOC(=O)Oc1ccc(C(=O)N2CCC(CNC(=O)/C=C/C3CC3)CC2)cc1. The molecule has 3 rings (SSSR count). The minimum atomic E-state index is -0.760. The van der Waals surface area contributed by atoms with Crippen molar-refractivity contribution in [2.45, 2.75) is 32.6 Å². The third kappa shape index (κ3) is 6.62. The second kappa shape index (κ2) is 10.1. The van der Waals surface area contributed by atoms with E-state index in [1.165, 1.54) is 12.8 Å². The van der Waals surface area contributed by atoms with E-state index in [1.807, 2.05) is 11.0 Å². The predicted octanol–water partition coefficient (Wildman–Crippen LogP) is 3.16. The van der Waals surface area contributed by atoms with Crippen LogP contribution in [-0.4, -0.2) is 49.1 Å². The van der Waals surface area contributed by atoms with Gasteiger partial charge in [0.1, 0.15) is 5.75 Å². The largest absolute Gasteiger partial charge is 0.513 e. The topological polar surface area (TPSA) is 84.9 Å². The molecule has 1 aromatic rings. The summed E-state index contributed by atoms with van der Waals surface area (Å²) in [6.45, 7) is 3.92. The summed E-state index contributed by atoms with van der Waals surface area (Å²) in [6.07, 6.45) is 6.98. The van der Waals surface area contributed by atoms with Gasteiger partial charge in [-0.3, -0.25) is 9.59 Å². The number of benzene rings is 1. The number of carbonyl (C=O) groups is 3. The van der Waals surface area contributed by atoms with Gasteiger partial charge >= 0.3 is 6.16 Å². The van der Waals surface area contributed by atoms with E-state index in [2.05, 4.69) is 5.32 Å². The van der Waals surface area contributed by atoms with Crippen molar-refractivity contribution in [1.29, 1.82) is 0 Å². The molecule has 2 fully saturated rings. The van der Waals surface area contributed by atoms with Crippen molar-refractivity contribution in [3.05, 3.63) is 42.0 Å². The Labute approximate surface area is 171 Å². The first kappa shape index (κ1) is 20.9. The van der Waals surface area contributed by atoms with Crippen LogP contribution in [0, 0.1) is 11.8 Å². The molecule has 2 aliphatic rings. The van der Waals surface area contributed by atoms with Crippen LogP contribution < -0.4 is 10.1 Å². The fraction of sp³-hybridized carbons (Fsp3) is 0.500. The minimum absolute atomic E-state index is 0.0273. The first-order valence-electron chi connectivity index (χ1n) is 10.2. The molecule has 7 nitrogen and oxygen atoms in total. The third-order valence-corrected chi connectivity index (χ3v) is 5.17. The fourth-order valence-electron chi connectivity index (χ4n) is 3.25. The summed E-state index contributed by atoms with van der Waals surface area (Å²) in [7, 11) is 0. The van der Waals surface area contributed by atoms with Crippen LogP contribution in [0.3, 0.4) is 0 Å². The molecular formula is C22H28N2O5. The molecule has 1 saturated carbocycles. The van der Waals surface area contributed by atoms with Crippen molar-refractivity contribution in [3.63, 3.8) is 0 Å². The standard InChI is InChI=1S/C22H28N2O5/c1-2-28-22(27)29-19-8-6-18(7-9-19)21(26)24-13-11-17(12-14-24)15-23-20(25)10-5-16-3-4-16/h5-10,16-17H,2-4,11-15H2,1H3,(H,23,25)/b10-5+. The van der Waals surface area contributed by atoms with Gasteiger partial charge in [0.25, 0.3) is 5.91 Å². The summed E-state index contributed by atoms with van der Waals surface area (Å²) in [4.78, 5) is 37.6. The molecule has 7 heteroatoms. The van der Waals surface area contributed by atoms with E-state index in [0.29, 0.717) is 42.8 Å². The Morgan fingerprint density at radius 3 is 2.41 bits per heavy atom. The number of piperidine rings is 1. The molecule has 1 saturated heterocycles. The van der Waals surface area contributed by atoms with Crippen LogP contribution in [0.1, 0.15) is 43.0 Å². The lowest BCUT2D eigenvalue weighted by molar-refractivity contribution is -0.116. The molecule has 1 aliphatic carbocycles. The van der Waals surface area contributed by atoms with E-state index in [4.69, 9.17) is 9.47 Å². The fourth-order valence-corrected chi connectivity index (χ4v) is 3.25. The van der Waals surface area contributed by atoms with Gasteiger partial charge in [-0.2, -0.15) is 0 Å². The Hall–Kier alpha value is -2.83. The molecule has 1 heterocycles. The van der Waals surface area contributed by atoms with Crippen molar-refractivity contribution in [2.75, 3.05) is 26.2 Å². The number of hydrogen-bond acceptors (Lipinski definition) is 5. The van der Waals surface area contributed by atoms with Crippen LogP contribution in [0.25, 0.3) is 0 Å². The van der Waals surface area contributed by atoms with Crippen LogP contribution in [0.15, 0.2) is 36.4 Å². The summed E-state index contributed by atoms with van der Waals surface area (Å²) in [6, 6.07) is 6.47. The molecular weight excluding hydrogens is 372 g/mol. The van der Waals surface area contributed by atoms with Crippen molar-refractivity contribution < 1.29 is 23.9 Å². The highest BCUT2D eigenvalue weighted by atomic mass is 16.7. The van der Waals surface area contributed by atoms with Gasteiger partial charge in [-0.1, -0.05) is 6.08 Å². The van der Waals surface area contributed by atoms with Gasteiger partial charge < -0.3 is 19.7 Å². The van der Waals surface area contributed by atoms with Crippen molar-refractivity contribution in [2.24, 2.45) is 11.8 Å². The second-order valence-electron chi connectivity index (χ2n) is 7.49. The number of ether oxygens (including phenoxy) is 2. The van der Waals surface area contributed by atoms with Crippen molar-refractivity contribution >= 4 is 18.0 Å². The molecule has 29 heavy (non-hydrogen) atoms. The molecule has 1 aromatic carbocycles. The normalized spacial score (nSPS) is 17.2. The van der Waals surface area contributed by atoms with Crippen LogP contribution in [-0.2, 0) is 9.53 Å². The molecule has 0 unspecified atom stereocenters. The van der Waals surface area contributed by atoms with E-state index in [9.17, 15) is 14.4 Å². The molecule has 0 radical (unpaired) electrons. The second-order valence-corrected chi connectivity index (χ2v) is 7.49. The quantitative estimate of drug-likeness (QED) is 0.432. The number of likely N-dealkylation sites (tertiary alicyclic amines) is 1. The minimum Gasteiger partial charge on any atom is -0.434 e. The molecule has 0 bridgehead atoms. The third-order valence-electron chi connectivity index (χ3n) is 5.17. The number of amides is 2. The zero-order valence-electron chi connectivity index (χ0n) is 16.8. The lowest BCUT2D eigenvalue weighted by Crippen LogP contribution is -2.41. The van der Waals surface area contributed by atoms with Gasteiger partial charge in [0, 0.05) is 25.2 Å². The zero-order valence-corrected chi connectivity index (χ0v) is 16.8. The van der Waals surface area contributed by atoms with E-state index >= 15 is 0 Å².